The van der Waals surface area contributed by atoms with Gasteiger partial charge in [-0.2, -0.15) is 0 Å². The summed E-state index contributed by atoms with van der Waals surface area (Å²) in [6.45, 7) is 0.419. The van der Waals surface area contributed by atoms with Crippen LogP contribution in [0.1, 0.15) is 77.0 Å². The Bertz CT molecular complexity index is 237. The molecule has 0 aromatic carbocycles. The van der Waals surface area contributed by atoms with Crippen molar-refractivity contribution in [3.63, 3.8) is 0 Å². The minimum Gasteiger partial charge on any atom is -0.450 e. The summed E-state index contributed by atoms with van der Waals surface area (Å²) in [7, 11) is 0. The lowest BCUT2D eigenvalue weighted by Crippen LogP contribution is -2.35. The average Bonchev–Trinajstić information content (AvgIpc) is 2.42. The molecule has 0 bridgehead atoms. The molecule has 0 aliphatic heterocycles. The topological polar surface area (TPSA) is 38.3 Å². The van der Waals surface area contributed by atoms with Crippen molar-refractivity contribution >= 4 is 17.7 Å². The van der Waals surface area contributed by atoms with Crippen molar-refractivity contribution in [1.82, 2.24) is 5.32 Å². The number of carbonyl (C=O) groups is 1. The van der Waals surface area contributed by atoms with E-state index in [2.05, 4.69) is 5.32 Å². The van der Waals surface area contributed by atoms with E-state index in [-0.39, 0.29) is 12.1 Å². The van der Waals surface area contributed by atoms with Crippen molar-refractivity contribution in [1.29, 1.82) is 0 Å². The van der Waals surface area contributed by atoms with Gasteiger partial charge in [0.2, 0.25) is 0 Å². The van der Waals surface area contributed by atoms with Crippen LogP contribution < -0.4 is 5.32 Å². The zero-order chi connectivity index (χ0) is 14.5. The van der Waals surface area contributed by atoms with Crippen LogP contribution in [0.15, 0.2) is 0 Å². The molecule has 0 unspecified atom stereocenters. The summed E-state index contributed by atoms with van der Waals surface area (Å²) in [5.74, 6) is 0.538. The molecular weight excluding hydrogens is 274 g/mol. The van der Waals surface area contributed by atoms with E-state index in [1.165, 1.54) is 57.8 Å². The molecule has 0 spiro atoms. The summed E-state index contributed by atoms with van der Waals surface area (Å²) in [6.07, 6.45) is 14.5. The Morgan fingerprint density at radius 3 is 1.95 bits per heavy atom. The van der Waals surface area contributed by atoms with Crippen molar-refractivity contribution in [3.05, 3.63) is 0 Å². The molecule has 20 heavy (non-hydrogen) atoms. The fourth-order valence-electron chi connectivity index (χ4n) is 2.74. The summed E-state index contributed by atoms with van der Waals surface area (Å²) < 4.78 is 5.12. The number of rotatable bonds is 4. The third kappa shape index (κ3) is 9.46. The molecule has 1 rings (SSSR count). The smallest absolute Gasteiger partial charge is 0.407 e. The maximum Gasteiger partial charge on any atom is 0.407 e. The number of hydrogen-bond acceptors (Lipinski definition) is 2. The van der Waals surface area contributed by atoms with Crippen molar-refractivity contribution < 1.29 is 9.53 Å². The van der Waals surface area contributed by atoms with E-state index in [1.54, 1.807) is 0 Å². The molecule has 1 saturated carbocycles. The van der Waals surface area contributed by atoms with Crippen molar-refractivity contribution in [2.45, 2.75) is 83.1 Å². The molecule has 0 aromatic rings. The van der Waals surface area contributed by atoms with E-state index in [0.29, 0.717) is 12.5 Å². The van der Waals surface area contributed by atoms with Crippen LogP contribution in [0.4, 0.5) is 4.79 Å². The van der Waals surface area contributed by atoms with Gasteiger partial charge in [0.1, 0.15) is 0 Å². The van der Waals surface area contributed by atoms with Gasteiger partial charge in [0.15, 0.2) is 0 Å². The highest BCUT2D eigenvalue weighted by atomic mass is 35.5. The molecule has 1 aliphatic rings. The number of halogens is 1. The van der Waals surface area contributed by atoms with Crippen LogP contribution in [-0.2, 0) is 4.74 Å². The molecule has 0 saturated heterocycles. The maximum absolute atomic E-state index is 11.7. The molecule has 0 aromatic heterocycles. The SMILES string of the molecule is O=C(NC1CCCCCCCCCCC1)OCCCCl. The van der Waals surface area contributed by atoms with Gasteiger partial charge in [0.05, 0.1) is 6.61 Å². The van der Waals surface area contributed by atoms with E-state index in [1.807, 2.05) is 0 Å². The molecular formula is C16H30ClNO2. The predicted octanol–water partition coefficient (Wildman–Crippen LogP) is 5.01. The number of alkyl carbamates (subject to hydrolysis) is 1. The molecule has 1 aliphatic carbocycles. The standard InChI is InChI=1S/C16H30ClNO2/c17-13-10-14-20-16(19)18-15-11-8-6-4-2-1-3-5-7-9-12-15/h15H,1-14H2,(H,18,19). The van der Waals surface area contributed by atoms with Crippen LogP contribution in [0.5, 0.6) is 0 Å². The van der Waals surface area contributed by atoms with E-state index < -0.39 is 0 Å². The molecule has 0 atom stereocenters. The summed E-state index contributed by atoms with van der Waals surface area (Å²) in [6, 6.07) is 0.290. The lowest BCUT2D eigenvalue weighted by atomic mass is 9.98. The fraction of sp³-hybridized carbons (Fsp3) is 0.938. The van der Waals surface area contributed by atoms with Crippen LogP contribution in [0.2, 0.25) is 0 Å². The number of nitrogens with one attached hydrogen (secondary N) is 1. The number of ether oxygens (including phenoxy) is 1. The first-order valence-corrected chi connectivity index (χ1v) is 8.85. The van der Waals surface area contributed by atoms with E-state index >= 15 is 0 Å². The minimum atomic E-state index is -0.271. The third-order valence-corrected chi connectivity index (χ3v) is 4.21. The molecule has 1 fully saturated rings. The Labute approximate surface area is 128 Å². The molecule has 1 N–H and O–H groups in total. The first kappa shape index (κ1) is 17.6. The second-order valence-electron chi connectivity index (χ2n) is 5.78. The molecule has 118 valence electrons. The van der Waals surface area contributed by atoms with Crippen LogP contribution in [0, 0.1) is 0 Å². The monoisotopic (exact) mass is 303 g/mol. The van der Waals surface area contributed by atoms with Crippen LogP contribution in [0.25, 0.3) is 0 Å². The van der Waals surface area contributed by atoms with Gasteiger partial charge in [0.25, 0.3) is 0 Å². The quantitative estimate of drug-likeness (QED) is 0.585. The van der Waals surface area contributed by atoms with Gasteiger partial charge in [-0.15, -0.1) is 11.6 Å². The van der Waals surface area contributed by atoms with Crippen LogP contribution in [0.3, 0.4) is 0 Å². The Morgan fingerprint density at radius 2 is 1.45 bits per heavy atom. The van der Waals surface area contributed by atoms with Crippen molar-refractivity contribution in [3.8, 4) is 0 Å². The zero-order valence-electron chi connectivity index (χ0n) is 12.7. The van der Waals surface area contributed by atoms with Gasteiger partial charge in [0, 0.05) is 11.9 Å². The molecule has 1 amide bonds. The third-order valence-electron chi connectivity index (χ3n) is 3.94. The minimum absolute atomic E-state index is 0.271. The van der Waals surface area contributed by atoms with Gasteiger partial charge in [-0.05, 0) is 19.3 Å². The fourth-order valence-corrected chi connectivity index (χ4v) is 2.84. The highest BCUT2D eigenvalue weighted by molar-refractivity contribution is 6.17. The summed E-state index contributed by atoms with van der Waals surface area (Å²) in [5, 5.41) is 3.03. The Kier molecular flexibility index (Phi) is 10.8. The van der Waals surface area contributed by atoms with E-state index in [9.17, 15) is 4.79 Å². The first-order valence-electron chi connectivity index (χ1n) is 8.32. The number of amides is 1. The Morgan fingerprint density at radius 1 is 0.950 bits per heavy atom. The lowest BCUT2D eigenvalue weighted by Gasteiger charge is -2.19. The van der Waals surface area contributed by atoms with Crippen molar-refractivity contribution in [2.75, 3.05) is 12.5 Å². The van der Waals surface area contributed by atoms with Gasteiger partial charge in [-0.25, -0.2) is 4.79 Å². The van der Waals surface area contributed by atoms with Crippen LogP contribution in [-0.4, -0.2) is 24.6 Å². The first-order chi connectivity index (χ1) is 9.83. The van der Waals surface area contributed by atoms with Crippen molar-refractivity contribution in [2.24, 2.45) is 0 Å². The van der Waals surface area contributed by atoms with Gasteiger partial charge in [-0.1, -0.05) is 57.8 Å². The van der Waals surface area contributed by atoms with Crippen LogP contribution >= 0.6 is 11.6 Å². The molecule has 3 nitrogen and oxygen atoms in total. The zero-order valence-corrected chi connectivity index (χ0v) is 13.4. The molecule has 0 heterocycles. The van der Waals surface area contributed by atoms with Gasteiger partial charge < -0.3 is 10.1 Å². The van der Waals surface area contributed by atoms with E-state index in [0.717, 1.165) is 19.3 Å². The number of alkyl halides is 1. The highest BCUT2D eigenvalue weighted by Gasteiger charge is 2.13. The second kappa shape index (κ2) is 12.3. The van der Waals surface area contributed by atoms with Gasteiger partial charge >= 0.3 is 6.09 Å². The maximum atomic E-state index is 11.7. The highest BCUT2D eigenvalue weighted by Crippen LogP contribution is 2.17. The van der Waals surface area contributed by atoms with Gasteiger partial charge in [-0.3, -0.25) is 0 Å². The predicted molar refractivity (Wildman–Crippen MR) is 84.4 cm³/mol. The summed E-state index contributed by atoms with van der Waals surface area (Å²) >= 11 is 5.57. The molecule has 0 radical (unpaired) electrons. The molecule has 4 heteroatoms. The number of hydrogen-bond donors (Lipinski definition) is 1. The Hall–Kier alpha value is -0.440. The Balaban J connectivity index is 2.25. The largest absolute Gasteiger partial charge is 0.450 e. The summed E-state index contributed by atoms with van der Waals surface area (Å²) in [4.78, 5) is 11.7. The second-order valence-corrected chi connectivity index (χ2v) is 6.16. The summed E-state index contributed by atoms with van der Waals surface area (Å²) in [5.41, 5.74) is 0. The normalized spacial score (nSPS) is 19.6. The number of carbonyl (C=O) groups excluding carboxylic acids is 1. The lowest BCUT2D eigenvalue weighted by molar-refractivity contribution is 0.141. The van der Waals surface area contributed by atoms with E-state index in [4.69, 9.17) is 16.3 Å². The average molecular weight is 304 g/mol.